The molecular weight excluding hydrogens is 636 g/mol. The molecular formula is C38H55ClO9. The van der Waals surface area contributed by atoms with E-state index in [1.54, 1.807) is 19.1 Å². The zero-order valence-electron chi connectivity index (χ0n) is 29.8. The highest BCUT2D eigenvalue weighted by molar-refractivity contribution is 6.26. The fourth-order valence-electron chi connectivity index (χ4n) is 9.51. The summed E-state index contributed by atoms with van der Waals surface area (Å²) < 4.78 is 17.1. The largest absolute Gasteiger partial charge is 0.465 e. The van der Waals surface area contributed by atoms with Crippen LogP contribution < -0.4 is 0 Å². The first-order valence-electron chi connectivity index (χ1n) is 18.0. The van der Waals surface area contributed by atoms with Gasteiger partial charge in [0.15, 0.2) is 18.0 Å². The van der Waals surface area contributed by atoms with Gasteiger partial charge in [-0.25, -0.2) is 0 Å². The Bertz CT molecular complexity index is 1340. The van der Waals surface area contributed by atoms with Gasteiger partial charge in [-0.15, -0.1) is 11.6 Å². The minimum absolute atomic E-state index is 0.0820. The van der Waals surface area contributed by atoms with Crippen molar-refractivity contribution >= 4 is 41.1 Å². The summed E-state index contributed by atoms with van der Waals surface area (Å²) in [5.74, 6) is -3.83. The minimum Gasteiger partial charge on any atom is -0.465 e. The summed E-state index contributed by atoms with van der Waals surface area (Å²) >= 11 is 7.70. The lowest BCUT2D eigenvalue weighted by molar-refractivity contribution is -0.204. The lowest BCUT2D eigenvalue weighted by Crippen LogP contribution is -2.70. The molecule has 0 radical (unpaired) electrons. The summed E-state index contributed by atoms with van der Waals surface area (Å²) in [6, 6.07) is 0. The van der Waals surface area contributed by atoms with E-state index in [1.807, 2.05) is 47.6 Å². The number of carbonyl (C=O) groups is 5. The van der Waals surface area contributed by atoms with Gasteiger partial charge in [-0.3, -0.25) is 24.0 Å². The second-order valence-electron chi connectivity index (χ2n) is 15.2. The molecule has 4 aliphatic rings. The van der Waals surface area contributed by atoms with Crippen LogP contribution in [0.5, 0.6) is 0 Å². The first kappa shape index (κ1) is 38.3. The number of carbonyl (C=O) groups excluding carboxylic acids is 5. The maximum atomic E-state index is 14.5. The van der Waals surface area contributed by atoms with Crippen molar-refractivity contribution in [2.24, 2.45) is 40.4 Å². The average Bonchev–Trinajstić information content (AvgIpc) is 3.26. The maximum Gasteiger partial charge on any atom is 0.309 e. The molecule has 0 amide bonds. The molecule has 10 unspecified atom stereocenters. The normalized spacial score (nSPS) is 36.5. The summed E-state index contributed by atoms with van der Waals surface area (Å²) in [5.41, 5.74) is -2.49. The van der Waals surface area contributed by atoms with E-state index in [0.29, 0.717) is 32.1 Å². The van der Waals surface area contributed by atoms with Crippen molar-refractivity contribution in [3.63, 3.8) is 0 Å². The SMILES string of the molecule is CCCCC(=O)OC1(C(=O)COC(=O)CC(C)C(=O)OCC(C)CC)C(C)CC2C3CCC4=CC(=O)C=CC4(CC)C3(Cl)C(O)CC21C. The molecule has 1 N–H and O–H groups in total. The number of esters is 3. The van der Waals surface area contributed by atoms with Gasteiger partial charge in [-0.05, 0) is 68.4 Å². The molecule has 268 valence electrons. The summed E-state index contributed by atoms with van der Waals surface area (Å²) in [5, 5.41) is 12.2. The molecule has 9 nitrogen and oxygen atoms in total. The molecule has 48 heavy (non-hydrogen) atoms. The molecule has 10 heteroatoms. The molecule has 4 aliphatic carbocycles. The van der Waals surface area contributed by atoms with Crippen LogP contribution >= 0.6 is 11.6 Å². The Balaban J connectivity index is 1.63. The molecule has 0 aromatic rings. The highest BCUT2D eigenvalue weighted by Gasteiger charge is 2.76. The minimum atomic E-state index is -1.67. The van der Waals surface area contributed by atoms with E-state index in [1.165, 1.54) is 0 Å². The van der Waals surface area contributed by atoms with Crippen LogP contribution in [0, 0.1) is 40.4 Å². The first-order chi connectivity index (χ1) is 22.6. The van der Waals surface area contributed by atoms with E-state index < -0.39 is 69.5 Å². The van der Waals surface area contributed by atoms with Crippen molar-refractivity contribution in [3.05, 3.63) is 23.8 Å². The van der Waals surface area contributed by atoms with Crippen molar-refractivity contribution < 1.29 is 43.3 Å². The van der Waals surface area contributed by atoms with Gasteiger partial charge in [-0.1, -0.05) is 73.0 Å². The van der Waals surface area contributed by atoms with Gasteiger partial charge in [0.1, 0.15) is 0 Å². The molecule has 0 bridgehead atoms. The van der Waals surface area contributed by atoms with Crippen LogP contribution in [-0.2, 0) is 38.2 Å². The Kier molecular flexibility index (Phi) is 11.8. The van der Waals surface area contributed by atoms with Gasteiger partial charge < -0.3 is 19.3 Å². The van der Waals surface area contributed by atoms with Gasteiger partial charge in [0.05, 0.1) is 29.9 Å². The predicted octanol–water partition coefficient (Wildman–Crippen LogP) is 6.46. The molecule has 3 fully saturated rings. The lowest BCUT2D eigenvalue weighted by Gasteiger charge is -2.64. The monoisotopic (exact) mass is 690 g/mol. The van der Waals surface area contributed by atoms with Crippen LogP contribution in [0.25, 0.3) is 0 Å². The third-order valence-corrected chi connectivity index (χ3v) is 13.2. The van der Waals surface area contributed by atoms with E-state index in [0.717, 1.165) is 18.4 Å². The predicted molar refractivity (Wildman–Crippen MR) is 181 cm³/mol. The van der Waals surface area contributed by atoms with E-state index >= 15 is 0 Å². The van der Waals surface area contributed by atoms with Crippen molar-refractivity contribution in [2.45, 2.75) is 129 Å². The zero-order chi connectivity index (χ0) is 35.7. The highest BCUT2D eigenvalue weighted by Crippen LogP contribution is 2.72. The lowest BCUT2D eigenvalue weighted by atomic mass is 9.44. The molecule has 0 aliphatic heterocycles. The number of aliphatic hydroxyl groups excluding tert-OH is 1. The quantitative estimate of drug-likeness (QED) is 0.124. The van der Waals surface area contributed by atoms with Gasteiger partial charge in [0.25, 0.3) is 0 Å². The van der Waals surface area contributed by atoms with E-state index in [2.05, 4.69) is 0 Å². The fourth-order valence-corrected chi connectivity index (χ4v) is 10.2. The number of aliphatic hydroxyl groups is 1. The third-order valence-electron chi connectivity index (χ3n) is 12.4. The Labute approximate surface area is 290 Å². The van der Waals surface area contributed by atoms with Crippen LogP contribution in [0.15, 0.2) is 23.8 Å². The molecule has 0 saturated heterocycles. The van der Waals surface area contributed by atoms with E-state index in [9.17, 15) is 29.1 Å². The van der Waals surface area contributed by atoms with Gasteiger partial charge in [0.2, 0.25) is 5.78 Å². The topological polar surface area (TPSA) is 133 Å². The molecule has 0 aromatic carbocycles. The average molecular weight is 691 g/mol. The number of hydrogen-bond donors (Lipinski definition) is 1. The summed E-state index contributed by atoms with van der Waals surface area (Å²) in [6.45, 7) is 13.0. The Morgan fingerprint density at radius 2 is 1.79 bits per heavy atom. The summed E-state index contributed by atoms with van der Waals surface area (Å²) in [4.78, 5) is 64.5. The number of Topliss-reactive ketones (excluding diaryl/α,β-unsaturated/α-hetero) is 1. The van der Waals surface area contributed by atoms with Crippen molar-refractivity contribution in [1.29, 1.82) is 0 Å². The van der Waals surface area contributed by atoms with Crippen LogP contribution in [0.4, 0.5) is 0 Å². The van der Waals surface area contributed by atoms with Crippen molar-refractivity contribution in [2.75, 3.05) is 13.2 Å². The van der Waals surface area contributed by atoms with Gasteiger partial charge in [0, 0.05) is 23.2 Å². The van der Waals surface area contributed by atoms with E-state index in [4.69, 9.17) is 25.8 Å². The number of unbranched alkanes of at least 4 members (excludes halogenated alkanes) is 1. The Hall–Kier alpha value is -2.52. The fraction of sp³-hybridized carbons (Fsp3) is 0.763. The molecule has 0 heterocycles. The third kappa shape index (κ3) is 6.31. The zero-order valence-corrected chi connectivity index (χ0v) is 30.5. The van der Waals surface area contributed by atoms with Crippen molar-refractivity contribution in [3.8, 4) is 0 Å². The number of rotatable bonds is 14. The number of ether oxygens (including phenoxy) is 3. The number of halogens is 1. The second kappa shape index (κ2) is 14.8. The van der Waals surface area contributed by atoms with Crippen LogP contribution in [-0.4, -0.2) is 64.4 Å². The maximum absolute atomic E-state index is 14.5. The van der Waals surface area contributed by atoms with Crippen LogP contribution in [0.1, 0.15) is 113 Å². The van der Waals surface area contributed by atoms with Gasteiger partial charge >= 0.3 is 17.9 Å². The highest BCUT2D eigenvalue weighted by atomic mass is 35.5. The second-order valence-corrected chi connectivity index (χ2v) is 15.8. The standard InChI is InChI=1S/C38H55ClO9/c1-8-11-12-32(43)48-38(31(42)22-46-33(44)17-24(5)34(45)47-21-23(4)9-2)25(6)18-29-28-14-13-26-19-27(40)15-16-36(26,10-3)37(28,39)30(41)20-35(29,38)7/h15-16,19,23-25,28-30,41H,8-14,17-18,20-22H2,1-7H3. The van der Waals surface area contributed by atoms with Crippen molar-refractivity contribution in [1.82, 2.24) is 0 Å². The number of hydrogen-bond acceptors (Lipinski definition) is 9. The van der Waals surface area contributed by atoms with E-state index in [-0.39, 0.29) is 49.4 Å². The van der Waals surface area contributed by atoms with Crippen LogP contribution in [0.2, 0.25) is 0 Å². The summed E-state index contributed by atoms with van der Waals surface area (Å²) in [7, 11) is 0. The number of fused-ring (bicyclic) bond motifs is 5. The molecule has 0 spiro atoms. The Morgan fingerprint density at radius 3 is 2.44 bits per heavy atom. The van der Waals surface area contributed by atoms with Crippen LogP contribution in [0.3, 0.4) is 0 Å². The summed E-state index contributed by atoms with van der Waals surface area (Å²) in [6.07, 6.45) is 8.49. The smallest absolute Gasteiger partial charge is 0.309 e. The molecule has 0 aromatic heterocycles. The number of alkyl halides is 1. The Morgan fingerprint density at radius 1 is 1.08 bits per heavy atom. The number of allylic oxidation sites excluding steroid dienone is 4. The number of ketones is 2. The molecule has 4 rings (SSSR count). The molecule has 3 saturated carbocycles. The van der Waals surface area contributed by atoms with Gasteiger partial charge in [-0.2, -0.15) is 0 Å². The molecule has 10 atom stereocenters. The first-order valence-corrected chi connectivity index (χ1v) is 18.3.